The van der Waals surface area contributed by atoms with Crippen molar-refractivity contribution in [1.82, 2.24) is 9.80 Å². The van der Waals surface area contributed by atoms with Gasteiger partial charge in [-0.25, -0.2) is 0 Å². The molecule has 2 N–H and O–H groups in total. The molecule has 1 aliphatic heterocycles. The summed E-state index contributed by atoms with van der Waals surface area (Å²) in [5.74, 6) is 0.973. The summed E-state index contributed by atoms with van der Waals surface area (Å²) in [7, 11) is 0. The molecule has 1 heterocycles. The second kappa shape index (κ2) is 15.1. The van der Waals surface area contributed by atoms with E-state index in [0.29, 0.717) is 23.6 Å². The molecule has 4 heteroatoms. The van der Waals surface area contributed by atoms with Crippen molar-refractivity contribution in [1.29, 1.82) is 0 Å². The highest BCUT2D eigenvalue weighted by Crippen LogP contribution is 2.45. The molecule has 48 heavy (non-hydrogen) atoms. The summed E-state index contributed by atoms with van der Waals surface area (Å²) in [4.78, 5) is 5.45. The van der Waals surface area contributed by atoms with Gasteiger partial charge in [-0.1, -0.05) is 108 Å². The first-order chi connectivity index (χ1) is 21.9. The van der Waals surface area contributed by atoms with E-state index in [9.17, 15) is 10.2 Å². The maximum absolute atomic E-state index is 11.6. The van der Waals surface area contributed by atoms with E-state index in [0.717, 1.165) is 87.0 Å². The predicted octanol–water partition coefficient (Wildman–Crippen LogP) is 11.4. The van der Waals surface area contributed by atoms with Crippen molar-refractivity contribution in [2.45, 2.75) is 185 Å². The van der Waals surface area contributed by atoms with Crippen molar-refractivity contribution in [2.75, 3.05) is 13.1 Å². The molecule has 3 rings (SSSR count). The van der Waals surface area contributed by atoms with Gasteiger partial charge >= 0.3 is 0 Å². The first kappa shape index (κ1) is 40.4. The molecule has 0 radical (unpaired) electrons. The van der Waals surface area contributed by atoms with Crippen molar-refractivity contribution >= 4 is 0 Å². The zero-order valence-electron chi connectivity index (χ0n) is 34.2. The fourth-order valence-electron chi connectivity index (χ4n) is 9.60. The summed E-state index contributed by atoms with van der Waals surface area (Å²) in [6, 6.07) is 5.45. The number of benzene rings is 2. The van der Waals surface area contributed by atoms with Crippen molar-refractivity contribution in [3.05, 3.63) is 56.6 Å². The molecule has 0 aliphatic carbocycles. The highest BCUT2D eigenvalue weighted by atomic mass is 16.3. The van der Waals surface area contributed by atoms with Crippen LogP contribution in [0.3, 0.4) is 0 Å². The average molecular weight is 663 g/mol. The lowest BCUT2D eigenvalue weighted by molar-refractivity contribution is 0.000285. The van der Waals surface area contributed by atoms with Crippen LogP contribution in [0.2, 0.25) is 0 Å². The number of phenols is 2. The zero-order valence-corrected chi connectivity index (χ0v) is 34.2. The van der Waals surface area contributed by atoms with Gasteiger partial charge in [0, 0.05) is 49.4 Å². The Balaban J connectivity index is 1.95. The van der Waals surface area contributed by atoms with E-state index >= 15 is 0 Å². The lowest BCUT2D eigenvalue weighted by atomic mass is 9.71. The summed E-state index contributed by atoms with van der Waals surface area (Å²) < 4.78 is 0. The first-order valence-corrected chi connectivity index (χ1v) is 19.1. The molecule has 0 spiro atoms. The van der Waals surface area contributed by atoms with Gasteiger partial charge in [-0.15, -0.1) is 0 Å². The van der Waals surface area contributed by atoms with E-state index in [2.05, 4.69) is 133 Å². The number of aryl methyl sites for hydroxylation is 2. The average Bonchev–Trinajstić information content (AvgIpc) is 2.92. The Hall–Kier alpha value is -2.04. The number of nitrogens with zero attached hydrogens (tertiary/aromatic N) is 2. The van der Waals surface area contributed by atoms with Crippen LogP contribution < -0.4 is 0 Å². The van der Waals surface area contributed by atoms with E-state index in [1.807, 2.05) is 0 Å². The van der Waals surface area contributed by atoms with E-state index in [4.69, 9.17) is 0 Å². The Bertz CT molecular complexity index is 1300. The molecule has 0 bridgehead atoms. The Labute approximate surface area is 296 Å². The highest BCUT2D eigenvalue weighted by molar-refractivity contribution is 5.53. The van der Waals surface area contributed by atoms with E-state index in [1.54, 1.807) is 0 Å². The molecule has 0 aromatic heterocycles. The number of phenolic OH excluding ortho intramolecular Hbond substituents is 2. The van der Waals surface area contributed by atoms with Gasteiger partial charge in [0.05, 0.1) is 0 Å². The quantitative estimate of drug-likeness (QED) is 0.237. The minimum atomic E-state index is -0.107. The van der Waals surface area contributed by atoms with E-state index < -0.39 is 0 Å². The standard InChI is InChI=1S/C44H74N2O2/c1-17-19-37-38(20-18-2)46(26-34-30(4)24-36(40(48)32(34)6)44(15,16)28-42(10,11)12)22-21-45(37)25-33-29(3)23-35(39(47)31(33)5)43(13,14)27-41(7,8)9/h23-24,37-38,47-48H,17-22,25-28H2,1-16H3. The molecule has 272 valence electrons. The Morgan fingerprint density at radius 1 is 0.583 bits per heavy atom. The largest absolute Gasteiger partial charge is 0.507 e. The lowest BCUT2D eigenvalue weighted by Gasteiger charge is -2.49. The van der Waals surface area contributed by atoms with Crippen LogP contribution in [0.4, 0.5) is 0 Å². The summed E-state index contributed by atoms with van der Waals surface area (Å²) in [6.45, 7) is 40.0. The van der Waals surface area contributed by atoms with E-state index in [-0.39, 0.29) is 21.7 Å². The maximum atomic E-state index is 11.6. The molecule has 2 atom stereocenters. The van der Waals surface area contributed by atoms with Crippen molar-refractivity contribution < 1.29 is 10.2 Å². The number of rotatable bonds is 12. The molecule has 2 aromatic rings. The SMILES string of the molecule is CCCC1C(CCC)N(Cc2c(C)cc(C(C)(C)CC(C)(C)C)c(O)c2C)CCN1Cc1c(C)cc(C(C)(C)CC(C)(C)C)c(O)c1C. The van der Waals surface area contributed by atoms with Crippen LogP contribution in [0.25, 0.3) is 0 Å². The van der Waals surface area contributed by atoms with Gasteiger partial charge in [-0.3, -0.25) is 9.80 Å². The molecule has 1 saturated heterocycles. The smallest absolute Gasteiger partial charge is 0.122 e. The fourth-order valence-corrected chi connectivity index (χ4v) is 9.60. The van der Waals surface area contributed by atoms with Crippen LogP contribution in [-0.2, 0) is 23.9 Å². The monoisotopic (exact) mass is 663 g/mol. The second-order valence-electron chi connectivity index (χ2n) is 19.3. The Morgan fingerprint density at radius 2 is 0.896 bits per heavy atom. The predicted molar refractivity (Wildman–Crippen MR) is 208 cm³/mol. The second-order valence-corrected chi connectivity index (χ2v) is 19.3. The van der Waals surface area contributed by atoms with Gasteiger partial charge in [0.15, 0.2) is 0 Å². The molecule has 0 amide bonds. The van der Waals surface area contributed by atoms with Gasteiger partial charge in [-0.05, 0) is 108 Å². The normalized spacial score (nSPS) is 18.9. The van der Waals surface area contributed by atoms with Crippen LogP contribution in [0, 0.1) is 38.5 Å². The van der Waals surface area contributed by atoms with Gasteiger partial charge in [0.25, 0.3) is 0 Å². The Kier molecular flexibility index (Phi) is 12.7. The lowest BCUT2D eigenvalue weighted by Crippen LogP contribution is -2.58. The summed E-state index contributed by atoms with van der Waals surface area (Å²) in [5, 5.41) is 23.3. The van der Waals surface area contributed by atoms with Crippen LogP contribution >= 0.6 is 0 Å². The summed E-state index contributed by atoms with van der Waals surface area (Å²) in [6.07, 6.45) is 6.64. The van der Waals surface area contributed by atoms with Crippen LogP contribution in [0.15, 0.2) is 12.1 Å². The van der Waals surface area contributed by atoms with Gasteiger partial charge in [-0.2, -0.15) is 0 Å². The first-order valence-electron chi connectivity index (χ1n) is 19.1. The minimum Gasteiger partial charge on any atom is -0.507 e. The minimum absolute atomic E-state index is 0.107. The number of hydrogen-bond donors (Lipinski definition) is 2. The third-order valence-corrected chi connectivity index (χ3v) is 11.2. The van der Waals surface area contributed by atoms with Crippen LogP contribution in [-0.4, -0.2) is 45.2 Å². The van der Waals surface area contributed by atoms with Crippen molar-refractivity contribution in [3.8, 4) is 11.5 Å². The van der Waals surface area contributed by atoms with Crippen molar-refractivity contribution in [3.63, 3.8) is 0 Å². The third-order valence-electron chi connectivity index (χ3n) is 11.2. The molecular weight excluding hydrogens is 588 g/mol. The maximum Gasteiger partial charge on any atom is 0.122 e. The summed E-state index contributed by atoms with van der Waals surface area (Å²) in [5.41, 5.74) is 9.57. The van der Waals surface area contributed by atoms with E-state index in [1.165, 1.54) is 22.3 Å². The van der Waals surface area contributed by atoms with Crippen molar-refractivity contribution in [2.24, 2.45) is 10.8 Å². The summed E-state index contributed by atoms with van der Waals surface area (Å²) >= 11 is 0. The molecule has 2 aromatic carbocycles. The topological polar surface area (TPSA) is 46.9 Å². The van der Waals surface area contributed by atoms with Crippen LogP contribution in [0.1, 0.15) is 166 Å². The number of aromatic hydroxyl groups is 2. The molecule has 1 aliphatic rings. The van der Waals surface area contributed by atoms with Gasteiger partial charge in [0.2, 0.25) is 0 Å². The molecule has 4 nitrogen and oxygen atoms in total. The number of hydrogen-bond acceptors (Lipinski definition) is 4. The van der Waals surface area contributed by atoms with Gasteiger partial charge in [0.1, 0.15) is 11.5 Å². The third kappa shape index (κ3) is 9.39. The molecule has 2 unspecified atom stereocenters. The van der Waals surface area contributed by atoms with Gasteiger partial charge < -0.3 is 10.2 Å². The molecule has 0 saturated carbocycles. The zero-order chi connectivity index (χ0) is 36.6. The fraction of sp³-hybridized carbons (Fsp3) is 0.727. The number of piperazine rings is 1. The highest BCUT2D eigenvalue weighted by Gasteiger charge is 2.38. The molecule has 1 fully saturated rings. The Morgan fingerprint density at radius 3 is 1.17 bits per heavy atom. The molecular formula is C44H74N2O2. The van der Waals surface area contributed by atoms with Crippen LogP contribution in [0.5, 0.6) is 11.5 Å².